The van der Waals surface area contributed by atoms with Gasteiger partial charge in [0.15, 0.2) is 0 Å². The molecule has 0 aliphatic heterocycles. The number of rotatable bonds is 3. The van der Waals surface area contributed by atoms with E-state index in [9.17, 15) is 4.79 Å². The van der Waals surface area contributed by atoms with E-state index in [0.29, 0.717) is 16.2 Å². The fraction of sp³-hybridized carbons (Fsp3) is 0.500. The van der Waals surface area contributed by atoms with Crippen LogP contribution in [-0.2, 0) is 0 Å². The molecule has 2 rings (SSSR count). The largest absolute Gasteiger partial charge is 0.389 e. The molecule has 1 heterocycles. The number of hydrogen-bond donors (Lipinski definition) is 2. The van der Waals surface area contributed by atoms with Gasteiger partial charge in [0.05, 0.1) is 0 Å². The van der Waals surface area contributed by atoms with Crippen molar-refractivity contribution in [2.75, 3.05) is 0 Å². The molecule has 0 radical (unpaired) electrons. The lowest BCUT2D eigenvalue weighted by Gasteiger charge is -2.26. The second-order valence-electron chi connectivity index (χ2n) is 5.23. The van der Waals surface area contributed by atoms with Gasteiger partial charge in [-0.3, -0.25) is 9.78 Å². The third kappa shape index (κ3) is 3.73. The van der Waals surface area contributed by atoms with Crippen molar-refractivity contribution in [1.29, 1.82) is 0 Å². The number of hydrogen-bond acceptors (Lipinski definition) is 3. The van der Waals surface area contributed by atoms with Crippen LogP contribution in [0.25, 0.3) is 0 Å². The monoisotopic (exact) mass is 277 g/mol. The second kappa shape index (κ2) is 6.10. The minimum absolute atomic E-state index is 0.117. The topological polar surface area (TPSA) is 68.0 Å². The average Bonchev–Trinajstić information content (AvgIpc) is 2.41. The Balaban J connectivity index is 1.94. The van der Waals surface area contributed by atoms with Crippen LogP contribution in [0, 0.1) is 5.92 Å². The van der Waals surface area contributed by atoms with Crippen molar-refractivity contribution in [3.8, 4) is 0 Å². The molecule has 1 aromatic rings. The van der Waals surface area contributed by atoms with Crippen molar-refractivity contribution in [1.82, 2.24) is 10.3 Å². The molecule has 102 valence electrons. The molecular weight excluding hydrogens is 258 g/mol. The maximum absolute atomic E-state index is 12.0. The van der Waals surface area contributed by atoms with Crippen molar-refractivity contribution in [3.63, 3.8) is 0 Å². The van der Waals surface area contributed by atoms with Crippen LogP contribution in [0.15, 0.2) is 18.3 Å². The number of thiocarbonyl (C=S) groups is 1. The molecule has 1 amide bonds. The number of nitrogens with two attached hydrogens (primary N) is 1. The number of amides is 1. The predicted octanol–water partition coefficient (Wildman–Crippen LogP) is 2.02. The summed E-state index contributed by atoms with van der Waals surface area (Å²) in [5.41, 5.74) is 6.59. The van der Waals surface area contributed by atoms with E-state index in [1.807, 2.05) is 0 Å². The van der Waals surface area contributed by atoms with Crippen LogP contribution in [0.5, 0.6) is 0 Å². The van der Waals surface area contributed by atoms with Gasteiger partial charge in [0.1, 0.15) is 10.7 Å². The summed E-state index contributed by atoms with van der Waals surface area (Å²) in [4.78, 5) is 16.4. The van der Waals surface area contributed by atoms with Gasteiger partial charge < -0.3 is 11.1 Å². The fourth-order valence-electron chi connectivity index (χ4n) is 2.34. The molecule has 0 atom stereocenters. The van der Waals surface area contributed by atoms with Crippen LogP contribution in [0.3, 0.4) is 0 Å². The lowest BCUT2D eigenvalue weighted by molar-refractivity contribution is 0.0918. The normalized spacial score (nSPS) is 22.8. The van der Waals surface area contributed by atoms with Crippen LogP contribution in [0.1, 0.15) is 48.7 Å². The first-order valence-corrected chi connectivity index (χ1v) is 7.04. The van der Waals surface area contributed by atoms with Gasteiger partial charge in [-0.1, -0.05) is 19.1 Å². The Hall–Kier alpha value is -1.49. The quantitative estimate of drug-likeness (QED) is 0.830. The Labute approximate surface area is 118 Å². The molecule has 1 aliphatic rings. The molecule has 1 saturated carbocycles. The van der Waals surface area contributed by atoms with Gasteiger partial charge in [-0.25, -0.2) is 0 Å². The van der Waals surface area contributed by atoms with Gasteiger partial charge in [-0.15, -0.1) is 0 Å². The number of aromatic nitrogens is 1. The smallest absolute Gasteiger partial charge is 0.270 e. The third-order valence-electron chi connectivity index (χ3n) is 3.63. The van der Waals surface area contributed by atoms with Crippen LogP contribution in [0.4, 0.5) is 0 Å². The van der Waals surface area contributed by atoms with Crippen LogP contribution in [0.2, 0.25) is 0 Å². The van der Waals surface area contributed by atoms with E-state index < -0.39 is 0 Å². The zero-order chi connectivity index (χ0) is 13.8. The van der Waals surface area contributed by atoms with Crippen molar-refractivity contribution in [2.45, 2.75) is 38.6 Å². The Morgan fingerprint density at radius 1 is 1.37 bits per heavy atom. The van der Waals surface area contributed by atoms with E-state index in [1.165, 1.54) is 12.8 Å². The molecule has 3 N–H and O–H groups in total. The van der Waals surface area contributed by atoms with Gasteiger partial charge in [-0.05, 0) is 43.7 Å². The molecule has 0 aromatic carbocycles. The van der Waals surface area contributed by atoms with Crippen LogP contribution >= 0.6 is 12.2 Å². The minimum atomic E-state index is -0.117. The molecule has 0 saturated heterocycles. The van der Waals surface area contributed by atoms with E-state index in [4.69, 9.17) is 18.0 Å². The number of carbonyl (C=O) groups is 1. The summed E-state index contributed by atoms with van der Waals surface area (Å²) in [6.45, 7) is 2.26. The zero-order valence-electron chi connectivity index (χ0n) is 11.1. The molecular formula is C14H19N3OS. The first kappa shape index (κ1) is 13.9. The minimum Gasteiger partial charge on any atom is -0.389 e. The van der Waals surface area contributed by atoms with E-state index in [2.05, 4.69) is 17.2 Å². The highest BCUT2D eigenvalue weighted by atomic mass is 32.1. The molecule has 19 heavy (non-hydrogen) atoms. The number of nitrogens with one attached hydrogen (secondary N) is 1. The Bertz CT molecular complexity index is 464. The van der Waals surface area contributed by atoms with Gasteiger partial charge in [-0.2, -0.15) is 0 Å². The molecule has 5 heteroatoms. The lowest BCUT2D eigenvalue weighted by Crippen LogP contribution is -2.37. The Kier molecular flexibility index (Phi) is 4.47. The highest BCUT2D eigenvalue weighted by Gasteiger charge is 2.20. The zero-order valence-corrected chi connectivity index (χ0v) is 11.9. The van der Waals surface area contributed by atoms with Crippen molar-refractivity contribution < 1.29 is 4.79 Å². The van der Waals surface area contributed by atoms with Gasteiger partial charge in [0.25, 0.3) is 5.91 Å². The van der Waals surface area contributed by atoms with E-state index in [0.717, 1.165) is 18.8 Å². The fourth-order valence-corrected chi connectivity index (χ4v) is 2.46. The SMILES string of the molecule is CC1CCC(NC(=O)c2ccc(C(N)=S)cn2)CC1. The third-order valence-corrected chi connectivity index (χ3v) is 3.87. The standard InChI is InChI=1S/C14H19N3OS/c1-9-2-5-11(6-3-9)17-14(18)12-7-4-10(8-16-12)13(15)19/h4,7-9,11H,2-3,5-6H2,1H3,(H2,15,19)(H,17,18). The Morgan fingerprint density at radius 2 is 2.05 bits per heavy atom. The highest BCUT2D eigenvalue weighted by Crippen LogP contribution is 2.23. The van der Waals surface area contributed by atoms with E-state index >= 15 is 0 Å². The first-order chi connectivity index (χ1) is 9.06. The first-order valence-electron chi connectivity index (χ1n) is 6.63. The number of pyridine rings is 1. The van der Waals surface area contributed by atoms with Crippen LogP contribution < -0.4 is 11.1 Å². The van der Waals surface area contributed by atoms with Gasteiger partial charge >= 0.3 is 0 Å². The van der Waals surface area contributed by atoms with E-state index in [1.54, 1.807) is 18.3 Å². The molecule has 4 nitrogen and oxygen atoms in total. The average molecular weight is 277 g/mol. The van der Waals surface area contributed by atoms with Crippen LogP contribution in [-0.4, -0.2) is 21.9 Å². The molecule has 1 aliphatic carbocycles. The lowest BCUT2D eigenvalue weighted by atomic mass is 9.87. The molecule has 0 spiro atoms. The Morgan fingerprint density at radius 3 is 2.58 bits per heavy atom. The molecule has 1 aromatic heterocycles. The summed E-state index contributed by atoms with van der Waals surface area (Å²) in [5, 5.41) is 3.04. The summed E-state index contributed by atoms with van der Waals surface area (Å²) in [6.07, 6.45) is 6.01. The van der Waals surface area contributed by atoms with Gasteiger partial charge in [0, 0.05) is 17.8 Å². The summed E-state index contributed by atoms with van der Waals surface area (Å²) in [7, 11) is 0. The van der Waals surface area contributed by atoms with Crippen molar-refractivity contribution in [3.05, 3.63) is 29.6 Å². The summed E-state index contributed by atoms with van der Waals surface area (Å²) >= 11 is 4.85. The molecule has 0 bridgehead atoms. The highest BCUT2D eigenvalue weighted by molar-refractivity contribution is 7.80. The van der Waals surface area contributed by atoms with E-state index in [-0.39, 0.29) is 11.9 Å². The second-order valence-corrected chi connectivity index (χ2v) is 5.67. The summed E-state index contributed by atoms with van der Waals surface area (Å²) in [5.74, 6) is 0.658. The predicted molar refractivity (Wildman–Crippen MR) is 79.0 cm³/mol. The molecule has 0 unspecified atom stereocenters. The summed E-state index contributed by atoms with van der Waals surface area (Å²) < 4.78 is 0. The number of carbonyl (C=O) groups excluding carboxylic acids is 1. The maximum Gasteiger partial charge on any atom is 0.270 e. The maximum atomic E-state index is 12.0. The van der Waals surface area contributed by atoms with Crippen molar-refractivity contribution >= 4 is 23.1 Å². The van der Waals surface area contributed by atoms with Crippen molar-refractivity contribution in [2.24, 2.45) is 11.7 Å². The number of nitrogens with zero attached hydrogens (tertiary/aromatic N) is 1. The summed E-state index contributed by atoms with van der Waals surface area (Å²) in [6, 6.07) is 3.67. The molecule has 1 fully saturated rings. The van der Waals surface area contributed by atoms with Gasteiger partial charge in [0.2, 0.25) is 0 Å².